The fraction of sp³-hybridized carbons (Fsp3) is 0.571. The predicted octanol–water partition coefficient (Wildman–Crippen LogP) is 2.16. The highest BCUT2D eigenvalue weighted by Crippen LogP contribution is 2.31. The molecule has 1 aromatic carbocycles. The molecule has 0 unspecified atom stereocenters. The molecule has 3 heteroatoms. The van der Waals surface area contributed by atoms with E-state index < -0.39 is 0 Å². The van der Waals surface area contributed by atoms with Crippen molar-refractivity contribution in [1.82, 2.24) is 4.90 Å². The number of benzene rings is 1. The molecule has 0 atom stereocenters. The van der Waals surface area contributed by atoms with Crippen molar-refractivity contribution in [2.45, 2.75) is 19.8 Å². The highest BCUT2D eigenvalue weighted by molar-refractivity contribution is 5.61. The Morgan fingerprint density at radius 2 is 2.18 bits per heavy atom. The molecule has 0 spiro atoms. The summed E-state index contributed by atoms with van der Waals surface area (Å²) in [4.78, 5) is 2.14. The van der Waals surface area contributed by atoms with Crippen LogP contribution in [0.5, 0.6) is 5.75 Å². The van der Waals surface area contributed by atoms with E-state index in [0.717, 1.165) is 38.3 Å². The maximum absolute atomic E-state index is 5.88. The number of nitrogens with one attached hydrogen (secondary N) is 1. The van der Waals surface area contributed by atoms with Crippen LogP contribution in [-0.2, 0) is 12.8 Å². The lowest BCUT2D eigenvalue weighted by atomic mass is 10.1. The van der Waals surface area contributed by atoms with Gasteiger partial charge in [0.25, 0.3) is 0 Å². The largest absolute Gasteiger partial charge is 0.492 e. The van der Waals surface area contributed by atoms with E-state index in [2.05, 4.69) is 43.4 Å². The Morgan fingerprint density at radius 1 is 1.35 bits per heavy atom. The van der Waals surface area contributed by atoms with Gasteiger partial charge in [-0.1, -0.05) is 13.0 Å². The van der Waals surface area contributed by atoms with E-state index >= 15 is 0 Å². The summed E-state index contributed by atoms with van der Waals surface area (Å²) in [5.74, 6) is 1.04. The van der Waals surface area contributed by atoms with Gasteiger partial charge in [-0.15, -0.1) is 0 Å². The third-order valence-electron chi connectivity index (χ3n) is 3.17. The first kappa shape index (κ1) is 12.2. The van der Waals surface area contributed by atoms with E-state index in [-0.39, 0.29) is 0 Å². The number of rotatable bonds is 5. The number of hydrogen-bond acceptors (Lipinski definition) is 3. The summed E-state index contributed by atoms with van der Waals surface area (Å²) >= 11 is 0. The molecule has 17 heavy (non-hydrogen) atoms. The smallest absolute Gasteiger partial charge is 0.124 e. The van der Waals surface area contributed by atoms with Crippen molar-refractivity contribution in [2.24, 2.45) is 0 Å². The van der Waals surface area contributed by atoms with Gasteiger partial charge in [-0.3, -0.25) is 0 Å². The Hall–Kier alpha value is -1.22. The topological polar surface area (TPSA) is 24.5 Å². The average molecular weight is 234 g/mol. The van der Waals surface area contributed by atoms with Crippen molar-refractivity contribution in [3.8, 4) is 5.75 Å². The number of likely N-dealkylation sites (N-methyl/N-ethyl adjacent to an activating group) is 1. The molecule has 3 nitrogen and oxygen atoms in total. The summed E-state index contributed by atoms with van der Waals surface area (Å²) in [5.41, 5.74) is 4.01. The quantitative estimate of drug-likeness (QED) is 0.845. The van der Waals surface area contributed by atoms with Gasteiger partial charge in [0.05, 0.1) is 0 Å². The van der Waals surface area contributed by atoms with Crippen LogP contribution in [0.3, 0.4) is 0 Å². The van der Waals surface area contributed by atoms with Crippen LogP contribution in [0, 0.1) is 0 Å². The van der Waals surface area contributed by atoms with E-state index in [1.54, 1.807) is 0 Å². The highest BCUT2D eigenvalue weighted by atomic mass is 16.5. The molecule has 1 aromatic rings. The molecule has 0 aromatic heterocycles. The first-order chi connectivity index (χ1) is 8.20. The second kappa shape index (κ2) is 5.41. The van der Waals surface area contributed by atoms with Gasteiger partial charge >= 0.3 is 0 Å². The molecule has 2 rings (SSSR count). The number of hydrogen-bond donors (Lipinski definition) is 1. The number of ether oxygens (including phenoxy) is 1. The van der Waals surface area contributed by atoms with Gasteiger partial charge in [-0.2, -0.15) is 0 Å². The van der Waals surface area contributed by atoms with E-state index in [0.29, 0.717) is 0 Å². The van der Waals surface area contributed by atoms with Crippen molar-refractivity contribution < 1.29 is 4.74 Å². The van der Waals surface area contributed by atoms with Crippen LogP contribution >= 0.6 is 0 Å². The Morgan fingerprint density at radius 3 is 2.88 bits per heavy atom. The molecule has 0 aliphatic carbocycles. The van der Waals surface area contributed by atoms with E-state index in [4.69, 9.17) is 4.74 Å². The molecule has 0 radical (unpaired) electrons. The zero-order chi connectivity index (χ0) is 12.3. The lowest BCUT2D eigenvalue weighted by molar-refractivity contribution is 0.259. The minimum atomic E-state index is 0.749. The Bertz CT molecular complexity index is 388. The second-order valence-electron chi connectivity index (χ2n) is 4.80. The summed E-state index contributed by atoms with van der Waals surface area (Å²) in [7, 11) is 4.13. The summed E-state index contributed by atoms with van der Waals surface area (Å²) < 4.78 is 5.88. The lowest BCUT2D eigenvalue weighted by Crippen LogP contribution is -2.19. The van der Waals surface area contributed by atoms with Gasteiger partial charge in [-0.25, -0.2) is 0 Å². The maximum atomic E-state index is 5.88. The third-order valence-corrected chi connectivity index (χ3v) is 3.17. The van der Waals surface area contributed by atoms with Crippen molar-refractivity contribution >= 4 is 5.69 Å². The van der Waals surface area contributed by atoms with Crippen LogP contribution < -0.4 is 10.1 Å². The predicted molar refractivity (Wildman–Crippen MR) is 72.1 cm³/mol. The number of aryl methyl sites for hydroxylation is 1. The Labute approximate surface area is 104 Å². The molecule has 1 aliphatic heterocycles. The Balaban J connectivity index is 2.09. The molecular weight excluding hydrogens is 212 g/mol. The fourth-order valence-electron chi connectivity index (χ4n) is 2.13. The van der Waals surface area contributed by atoms with Gasteiger partial charge < -0.3 is 15.0 Å². The van der Waals surface area contributed by atoms with E-state index in [1.165, 1.54) is 16.8 Å². The van der Waals surface area contributed by atoms with Crippen LogP contribution in [0.4, 0.5) is 5.69 Å². The normalized spacial score (nSPS) is 13.6. The fourth-order valence-corrected chi connectivity index (χ4v) is 2.13. The molecule has 0 saturated heterocycles. The second-order valence-corrected chi connectivity index (χ2v) is 4.80. The van der Waals surface area contributed by atoms with Crippen LogP contribution in [0.1, 0.15) is 18.1 Å². The number of anilines is 1. The zero-order valence-electron chi connectivity index (χ0n) is 11.0. The number of fused-ring (bicyclic) bond motifs is 1. The molecule has 1 aliphatic rings. The first-order valence-electron chi connectivity index (χ1n) is 6.38. The maximum Gasteiger partial charge on any atom is 0.124 e. The molecule has 0 amide bonds. The van der Waals surface area contributed by atoms with E-state index in [1.807, 2.05) is 0 Å². The van der Waals surface area contributed by atoms with Gasteiger partial charge in [0.1, 0.15) is 12.4 Å². The molecular formula is C14H22N2O. The molecule has 0 saturated carbocycles. The van der Waals surface area contributed by atoms with Crippen molar-refractivity contribution in [3.63, 3.8) is 0 Å². The SMILES string of the molecule is CCc1cc2c(cc1OCCN(C)C)NCC2. The van der Waals surface area contributed by atoms with Crippen LogP contribution in [-0.4, -0.2) is 38.7 Å². The van der Waals surface area contributed by atoms with Crippen LogP contribution in [0.2, 0.25) is 0 Å². The summed E-state index contributed by atoms with van der Waals surface area (Å²) in [6.07, 6.45) is 2.17. The minimum Gasteiger partial charge on any atom is -0.492 e. The van der Waals surface area contributed by atoms with Crippen molar-refractivity contribution in [3.05, 3.63) is 23.3 Å². The highest BCUT2D eigenvalue weighted by Gasteiger charge is 2.14. The van der Waals surface area contributed by atoms with E-state index in [9.17, 15) is 0 Å². The van der Waals surface area contributed by atoms with Gasteiger partial charge in [0.2, 0.25) is 0 Å². The molecule has 0 bridgehead atoms. The van der Waals surface area contributed by atoms with Gasteiger partial charge in [0, 0.05) is 24.8 Å². The minimum absolute atomic E-state index is 0.749. The third kappa shape index (κ3) is 2.91. The van der Waals surface area contributed by atoms with Crippen LogP contribution in [0.25, 0.3) is 0 Å². The summed E-state index contributed by atoms with van der Waals surface area (Å²) in [6, 6.07) is 4.46. The number of nitrogens with zero attached hydrogens (tertiary/aromatic N) is 1. The van der Waals surface area contributed by atoms with Gasteiger partial charge in [0.15, 0.2) is 0 Å². The zero-order valence-corrected chi connectivity index (χ0v) is 11.0. The molecule has 0 fully saturated rings. The monoisotopic (exact) mass is 234 g/mol. The van der Waals surface area contributed by atoms with Gasteiger partial charge in [-0.05, 0) is 38.1 Å². The Kier molecular flexibility index (Phi) is 3.89. The summed E-state index contributed by atoms with van der Waals surface area (Å²) in [5, 5.41) is 3.40. The molecule has 1 N–H and O–H groups in total. The molecule has 94 valence electrons. The molecule has 1 heterocycles. The standard InChI is InChI=1S/C14H22N2O/c1-4-11-9-12-5-6-15-13(12)10-14(11)17-8-7-16(2)3/h9-10,15H,4-8H2,1-3H3. The first-order valence-corrected chi connectivity index (χ1v) is 6.38. The van der Waals surface area contributed by atoms with Crippen molar-refractivity contribution in [2.75, 3.05) is 39.1 Å². The lowest BCUT2D eigenvalue weighted by Gasteiger charge is -2.15. The van der Waals surface area contributed by atoms with Crippen molar-refractivity contribution in [1.29, 1.82) is 0 Å². The van der Waals surface area contributed by atoms with Crippen LogP contribution in [0.15, 0.2) is 12.1 Å². The average Bonchev–Trinajstić information content (AvgIpc) is 2.74. The summed E-state index contributed by atoms with van der Waals surface area (Å²) in [6.45, 7) is 4.94.